The van der Waals surface area contributed by atoms with Crippen molar-refractivity contribution in [3.63, 3.8) is 0 Å². The highest BCUT2D eigenvalue weighted by atomic mass is 35.5. The molecule has 0 unspecified atom stereocenters. The first-order valence-electron chi connectivity index (χ1n) is 12.2. The Labute approximate surface area is 245 Å². The third-order valence-corrected chi connectivity index (χ3v) is 8.25. The molecule has 12 heteroatoms. The van der Waals surface area contributed by atoms with Gasteiger partial charge in [-0.2, -0.15) is 0 Å². The Bertz CT molecular complexity index is 1470. The summed E-state index contributed by atoms with van der Waals surface area (Å²) in [6, 6.07) is 14.2. The summed E-state index contributed by atoms with van der Waals surface area (Å²) in [6.45, 7) is 6.11. The van der Waals surface area contributed by atoms with E-state index in [4.69, 9.17) is 23.2 Å². The highest BCUT2D eigenvalue weighted by Crippen LogP contribution is 2.31. The van der Waals surface area contributed by atoms with Crippen molar-refractivity contribution in [3.05, 3.63) is 74.8 Å². The molecular weight excluding hydrogens is 575 g/mol. The predicted molar refractivity (Wildman–Crippen MR) is 159 cm³/mol. The van der Waals surface area contributed by atoms with E-state index in [1.807, 2.05) is 44.3 Å². The second-order valence-electron chi connectivity index (χ2n) is 9.31. The number of amides is 2. The number of halogens is 2. The second-order valence-corrected chi connectivity index (χ2v) is 12.3. The molecule has 0 aliphatic carbocycles. The van der Waals surface area contributed by atoms with E-state index in [2.05, 4.69) is 39.7 Å². The van der Waals surface area contributed by atoms with E-state index in [0.717, 1.165) is 16.1 Å². The van der Waals surface area contributed by atoms with Crippen molar-refractivity contribution in [2.75, 3.05) is 11.1 Å². The average molecular weight is 604 g/mol. The van der Waals surface area contributed by atoms with Crippen molar-refractivity contribution in [3.8, 4) is 11.3 Å². The second kappa shape index (κ2) is 13.0. The van der Waals surface area contributed by atoms with E-state index in [1.165, 1.54) is 29.2 Å². The van der Waals surface area contributed by atoms with Gasteiger partial charge in [0, 0.05) is 22.5 Å². The van der Waals surface area contributed by atoms with E-state index in [1.54, 1.807) is 16.7 Å². The van der Waals surface area contributed by atoms with Crippen LogP contribution < -0.4 is 10.6 Å². The summed E-state index contributed by atoms with van der Waals surface area (Å²) in [5, 5.41) is 16.4. The molecule has 0 radical (unpaired) electrons. The van der Waals surface area contributed by atoms with Gasteiger partial charge in [0.15, 0.2) is 16.1 Å². The molecule has 2 aromatic carbocycles. The summed E-state index contributed by atoms with van der Waals surface area (Å²) in [5.74, 6) is 0.479. The van der Waals surface area contributed by atoms with Crippen LogP contribution in [0.3, 0.4) is 0 Å². The Morgan fingerprint density at radius 3 is 2.54 bits per heavy atom. The Hall–Kier alpha value is -2.92. The number of rotatable bonds is 10. The number of carbonyl (C=O) groups is 2. The zero-order chi connectivity index (χ0) is 28.1. The number of benzene rings is 2. The molecule has 0 spiro atoms. The van der Waals surface area contributed by atoms with Crippen LogP contribution in [0, 0.1) is 12.8 Å². The molecule has 0 fully saturated rings. The number of thioether (sulfide) groups is 1. The van der Waals surface area contributed by atoms with Gasteiger partial charge < -0.3 is 15.2 Å². The number of carbonyl (C=O) groups excluding carboxylic acids is 2. The highest BCUT2D eigenvalue weighted by Gasteiger charge is 2.25. The molecule has 4 aromatic rings. The molecule has 2 N–H and O–H groups in total. The summed E-state index contributed by atoms with van der Waals surface area (Å²) in [6.07, 6.45) is 0.640. The van der Waals surface area contributed by atoms with Crippen molar-refractivity contribution in [1.82, 2.24) is 25.1 Å². The summed E-state index contributed by atoms with van der Waals surface area (Å²) in [5.41, 5.74) is 2.20. The Morgan fingerprint density at radius 1 is 1.10 bits per heavy atom. The number of thiazole rings is 1. The van der Waals surface area contributed by atoms with Crippen LogP contribution in [0.2, 0.25) is 10.0 Å². The van der Waals surface area contributed by atoms with Gasteiger partial charge in [0.2, 0.25) is 5.91 Å². The Balaban J connectivity index is 1.41. The molecular formula is C27H28Cl2N6O2S2. The first kappa shape index (κ1) is 29.1. The lowest BCUT2D eigenvalue weighted by atomic mass is 10.0. The summed E-state index contributed by atoms with van der Waals surface area (Å²) < 4.78 is 1.80. The highest BCUT2D eigenvalue weighted by molar-refractivity contribution is 7.99. The quantitative estimate of drug-likeness (QED) is 0.193. The third-order valence-electron chi connectivity index (χ3n) is 5.79. The molecule has 1 atom stereocenters. The SMILES string of the molecule is Cc1sc(NC(=O)CSc2nnc([C@@H](CC(C)C)NC(=O)c3ccc(Cl)cc3Cl)n2C)nc1-c1ccccc1. The molecule has 0 aliphatic heterocycles. The Morgan fingerprint density at radius 2 is 1.85 bits per heavy atom. The number of hydrogen-bond acceptors (Lipinski definition) is 7. The number of hydrogen-bond donors (Lipinski definition) is 2. The van der Waals surface area contributed by atoms with Gasteiger partial charge in [-0.1, -0.05) is 79.1 Å². The zero-order valence-corrected chi connectivity index (χ0v) is 25.0. The molecule has 2 amide bonds. The zero-order valence-electron chi connectivity index (χ0n) is 21.9. The minimum atomic E-state index is -0.403. The smallest absolute Gasteiger partial charge is 0.253 e. The van der Waals surface area contributed by atoms with Gasteiger partial charge in [-0.3, -0.25) is 9.59 Å². The lowest BCUT2D eigenvalue weighted by Gasteiger charge is -2.20. The topological polar surface area (TPSA) is 102 Å². The Kier molecular flexibility index (Phi) is 9.66. The largest absolute Gasteiger partial charge is 0.342 e. The molecule has 2 heterocycles. The van der Waals surface area contributed by atoms with Crippen molar-refractivity contribution in [1.29, 1.82) is 0 Å². The van der Waals surface area contributed by atoms with Gasteiger partial charge in [0.05, 0.1) is 28.1 Å². The van der Waals surface area contributed by atoms with Gasteiger partial charge in [-0.25, -0.2) is 4.98 Å². The number of aromatic nitrogens is 4. The first-order valence-corrected chi connectivity index (χ1v) is 14.8. The fourth-order valence-electron chi connectivity index (χ4n) is 3.96. The lowest BCUT2D eigenvalue weighted by molar-refractivity contribution is -0.113. The van der Waals surface area contributed by atoms with Crippen molar-refractivity contribution in [2.24, 2.45) is 13.0 Å². The van der Waals surface area contributed by atoms with Crippen LogP contribution in [0.25, 0.3) is 11.3 Å². The molecule has 0 saturated carbocycles. The van der Waals surface area contributed by atoms with Crippen LogP contribution in [0.1, 0.15) is 47.4 Å². The lowest BCUT2D eigenvalue weighted by Crippen LogP contribution is -2.31. The normalized spacial score (nSPS) is 12.0. The predicted octanol–water partition coefficient (Wildman–Crippen LogP) is 6.80. The van der Waals surface area contributed by atoms with Gasteiger partial charge >= 0.3 is 0 Å². The minimum absolute atomic E-state index is 0.132. The number of nitrogens with one attached hydrogen (secondary N) is 2. The fourth-order valence-corrected chi connectivity index (χ4v) is 6.03. The number of aryl methyl sites for hydroxylation is 1. The van der Waals surface area contributed by atoms with E-state index in [9.17, 15) is 9.59 Å². The van der Waals surface area contributed by atoms with Gasteiger partial charge in [0.25, 0.3) is 5.91 Å². The van der Waals surface area contributed by atoms with E-state index in [-0.39, 0.29) is 28.5 Å². The van der Waals surface area contributed by atoms with Crippen LogP contribution in [0.5, 0.6) is 0 Å². The van der Waals surface area contributed by atoms with Crippen LogP contribution in [0.4, 0.5) is 5.13 Å². The molecule has 0 saturated heterocycles. The molecule has 39 heavy (non-hydrogen) atoms. The average Bonchev–Trinajstić information content (AvgIpc) is 3.43. The molecule has 0 aliphatic rings. The maximum atomic E-state index is 13.0. The maximum absolute atomic E-state index is 13.0. The molecule has 204 valence electrons. The first-order chi connectivity index (χ1) is 18.6. The van der Waals surface area contributed by atoms with Crippen LogP contribution >= 0.6 is 46.3 Å². The van der Waals surface area contributed by atoms with Crippen LogP contribution in [0.15, 0.2) is 53.7 Å². The van der Waals surface area contributed by atoms with E-state index >= 15 is 0 Å². The summed E-state index contributed by atoms with van der Waals surface area (Å²) in [7, 11) is 1.82. The molecule has 0 bridgehead atoms. The van der Waals surface area contributed by atoms with Crippen molar-refractivity contribution >= 4 is 63.2 Å². The van der Waals surface area contributed by atoms with Gasteiger partial charge in [-0.15, -0.1) is 21.5 Å². The standard InChI is InChI=1S/C27H28Cl2N6O2S2/c1-15(2)12-21(30-25(37)19-11-10-18(28)13-20(19)29)24-33-34-27(35(24)4)38-14-22(36)31-26-32-23(16(3)39-26)17-8-6-5-7-9-17/h5-11,13,15,21H,12,14H2,1-4H3,(H,30,37)(H,31,32,36)/t21-/m1/s1. The van der Waals surface area contributed by atoms with Crippen LogP contribution in [-0.2, 0) is 11.8 Å². The van der Waals surface area contributed by atoms with Crippen molar-refractivity contribution in [2.45, 2.75) is 38.4 Å². The summed E-state index contributed by atoms with van der Waals surface area (Å²) in [4.78, 5) is 31.3. The third kappa shape index (κ3) is 7.39. The minimum Gasteiger partial charge on any atom is -0.342 e. The van der Waals surface area contributed by atoms with E-state index < -0.39 is 6.04 Å². The van der Waals surface area contributed by atoms with Gasteiger partial charge in [0.1, 0.15) is 0 Å². The molecule has 4 rings (SSSR count). The molecule has 2 aromatic heterocycles. The monoisotopic (exact) mass is 602 g/mol. The van der Waals surface area contributed by atoms with Crippen LogP contribution in [-0.4, -0.2) is 37.3 Å². The van der Waals surface area contributed by atoms with E-state index in [0.29, 0.717) is 33.1 Å². The van der Waals surface area contributed by atoms with Crippen molar-refractivity contribution < 1.29 is 9.59 Å². The molecule has 8 nitrogen and oxygen atoms in total. The number of nitrogens with zero attached hydrogens (tertiary/aromatic N) is 4. The fraction of sp³-hybridized carbons (Fsp3) is 0.296. The number of anilines is 1. The van der Waals surface area contributed by atoms with Gasteiger partial charge in [-0.05, 0) is 37.5 Å². The summed E-state index contributed by atoms with van der Waals surface area (Å²) >= 11 is 14.9. The maximum Gasteiger partial charge on any atom is 0.253 e.